The second-order valence-corrected chi connectivity index (χ2v) is 4.04. The number of nitrogens with zero attached hydrogens (tertiary/aromatic N) is 2. The molecule has 0 aromatic heterocycles. The van der Waals surface area contributed by atoms with Crippen LogP contribution in [0.2, 0.25) is 0 Å². The molecule has 0 bridgehead atoms. The average molecular weight is 194 g/mol. The summed E-state index contributed by atoms with van der Waals surface area (Å²) in [6, 6.07) is 2.01. The van der Waals surface area contributed by atoms with Crippen molar-refractivity contribution >= 4 is 5.91 Å². The molecule has 0 heterocycles. The fourth-order valence-electron chi connectivity index (χ4n) is 2.02. The van der Waals surface area contributed by atoms with E-state index < -0.39 is 0 Å². The first-order valence-corrected chi connectivity index (χ1v) is 5.37. The molecule has 3 nitrogen and oxygen atoms in total. The van der Waals surface area contributed by atoms with Crippen molar-refractivity contribution in [1.82, 2.24) is 4.90 Å². The lowest BCUT2D eigenvalue weighted by molar-refractivity contribution is -0.134. The van der Waals surface area contributed by atoms with Gasteiger partial charge in [-0.2, -0.15) is 5.26 Å². The van der Waals surface area contributed by atoms with Crippen molar-refractivity contribution in [1.29, 1.82) is 5.26 Å². The zero-order valence-corrected chi connectivity index (χ0v) is 8.83. The first kappa shape index (κ1) is 11.0. The fraction of sp³-hybridized carbons (Fsp3) is 0.818. The molecule has 14 heavy (non-hydrogen) atoms. The van der Waals surface area contributed by atoms with Gasteiger partial charge in [-0.15, -0.1) is 0 Å². The first-order chi connectivity index (χ1) is 6.75. The highest BCUT2D eigenvalue weighted by Gasteiger charge is 2.22. The van der Waals surface area contributed by atoms with Gasteiger partial charge in [0, 0.05) is 13.0 Å². The summed E-state index contributed by atoms with van der Waals surface area (Å²) < 4.78 is 0. The van der Waals surface area contributed by atoms with Crippen molar-refractivity contribution in [3.63, 3.8) is 0 Å². The smallest absolute Gasteiger partial charge is 0.226 e. The molecule has 0 aromatic carbocycles. The quantitative estimate of drug-likeness (QED) is 0.498. The summed E-state index contributed by atoms with van der Waals surface area (Å²) in [6.07, 6.45) is 6.86. The summed E-state index contributed by atoms with van der Waals surface area (Å²) in [5.74, 6) is 0.337. The molecule has 1 amide bonds. The van der Waals surface area contributed by atoms with Gasteiger partial charge in [-0.25, -0.2) is 0 Å². The maximum Gasteiger partial charge on any atom is 0.226 e. The van der Waals surface area contributed by atoms with Crippen LogP contribution in [0.15, 0.2) is 0 Å². The molecule has 1 fully saturated rings. The molecule has 1 rings (SSSR count). The van der Waals surface area contributed by atoms with Crippen LogP contribution in [0.3, 0.4) is 0 Å². The van der Waals surface area contributed by atoms with Gasteiger partial charge in [-0.1, -0.05) is 25.7 Å². The van der Waals surface area contributed by atoms with Gasteiger partial charge in [0.25, 0.3) is 0 Å². The molecule has 1 saturated carbocycles. The summed E-state index contributed by atoms with van der Waals surface area (Å²) in [5, 5.41) is 8.50. The van der Waals surface area contributed by atoms with E-state index in [1.165, 1.54) is 12.8 Å². The lowest BCUT2D eigenvalue weighted by Crippen LogP contribution is -2.33. The molecule has 3 heteroatoms. The Balaban J connectivity index is 2.45. The molecule has 1 aliphatic rings. The van der Waals surface area contributed by atoms with Gasteiger partial charge in [0.1, 0.15) is 6.54 Å². The predicted molar refractivity (Wildman–Crippen MR) is 54.4 cm³/mol. The lowest BCUT2D eigenvalue weighted by Gasteiger charge is -2.20. The Labute approximate surface area is 85.7 Å². The van der Waals surface area contributed by atoms with Crippen LogP contribution in [-0.2, 0) is 4.79 Å². The number of hydrogen-bond acceptors (Lipinski definition) is 2. The van der Waals surface area contributed by atoms with E-state index in [2.05, 4.69) is 0 Å². The Morgan fingerprint density at radius 3 is 2.43 bits per heavy atom. The molecular formula is C11H18N2O. The minimum atomic E-state index is 0.161. The molecule has 0 aliphatic heterocycles. The molecule has 0 aromatic rings. The number of rotatable bonds is 2. The predicted octanol–water partition coefficient (Wildman–Crippen LogP) is 1.94. The van der Waals surface area contributed by atoms with Crippen LogP contribution in [-0.4, -0.2) is 24.4 Å². The van der Waals surface area contributed by atoms with Crippen molar-refractivity contribution in [2.24, 2.45) is 5.92 Å². The Morgan fingerprint density at radius 1 is 1.36 bits per heavy atom. The standard InChI is InChI=1S/C11H18N2O/c1-13(9-8-12)11(14)10-6-4-2-3-5-7-10/h10H,2-7,9H2,1H3. The van der Waals surface area contributed by atoms with Gasteiger partial charge in [0.05, 0.1) is 6.07 Å². The summed E-state index contributed by atoms with van der Waals surface area (Å²) in [7, 11) is 1.72. The highest BCUT2D eigenvalue weighted by atomic mass is 16.2. The van der Waals surface area contributed by atoms with E-state index in [0.29, 0.717) is 0 Å². The van der Waals surface area contributed by atoms with E-state index in [-0.39, 0.29) is 18.4 Å². The van der Waals surface area contributed by atoms with E-state index in [0.717, 1.165) is 25.7 Å². The van der Waals surface area contributed by atoms with E-state index in [1.54, 1.807) is 11.9 Å². The van der Waals surface area contributed by atoms with Gasteiger partial charge in [0.15, 0.2) is 0 Å². The number of nitriles is 1. The van der Waals surface area contributed by atoms with Crippen LogP contribution in [0.5, 0.6) is 0 Å². The Morgan fingerprint density at radius 2 is 1.93 bits per heavy atom. The molecule has 0 radical (unpaired) electrons. The number of amides is 1. The summed E-state index contributed by atoms with van der Waals surface area (Å²) in [4.78, 5) is 13.4. The summed E-state index contributed by atoms with van der Waals surface area (Å²) in [6.45, 7) is 0.218. The Kier molecular flexibility index (Phi) is 4.45. The first-order valence-electron chi connectivity index (χ1n) is 5.37. The Bertz CT molecular complexity index is 224. The van der Waals surface area contributed by atoms with E-state index in [9.17, 15) is 4.79 Å². The number of hydrogen-bond donors (Lipinski definition) is 0. The van der Waals surface area contributed by atoms with Crippen molar-refractivity contribution in [3.8, 4) is 6.07 Å². The topological polar surface area (TPSA) is 44.1 Å². The van der Waals surface area contributed by atoms with Gasteiger partial charge in [-0.3, -0.25) is 4.79 Å². The number of carbonyl (C=O) groups is 1. The van der Waals surface area contributed by atoms with E-state index >= 15 is 0 Å². The largest absolute Gasteiger partial charge is 0.332 e. The lowest BCUT2D eigenvalue weighted by atomic mass is 9.99. The molecule has 0 saturated heterocycles. The average Bonchev–Trinajstić information content (AvgIpc) is 2.45. The van der Waals surface area contributed by atoms with Crippen LogP contribution in [0.1, 0.15) is 38.5 Å². The second-order valence-electron chi connectivity index (χ2n) is 4.04. The van der Waals surface area contributed by atoms with Gasteiger partial charge >= 0.3 is 0 Å². The van der Waals surface area contributed by atoms with Crippen molar-refractivity contribution < 1.29 is 4.79 Å². The van der Waals surface area contributed by atoms with Crippen molar-refractivity contribution in [2.75, 3.05) is 13.6 Å². The van der Waals surface area contributed by atoms with Crippen LogP contribution >= 0.6 is 0 Å². The minimum absolute atomic E-state index is 0.161. The second kappa shape index (κ2) is 5.64. The van der Waals surface area contributed by atoms with Gasteiger partial charge in [0.2, 0.25) is 5.91 Å². The van der Waals surface area contributed by atoms with Crippen LogP contribution < -0.4 is 0 Å². The molecule has 0 spiro atoms. The van der Waals surface area contributed by atoms with Crippen molar-refractivity contribution in [3.05, 3.63) is 0 Å². The third-order valence-corrected chi connectivity index (χ3v) is 2.89. The molecule has 0 atom stereocenters. The molecule has 1 aliphatic carbocycles. The maximum atomic E-state index is 11.8. The third kappa shape index (κ3) is 3.02. The number of carbonyl (C=O) groups excluding carboxylic acids is 1. The third-order valence-electron chi connectivity index (χ3n) is 2.89. The van der Waals surface area contributed by atoms with Crippen LogP contribution in [0.4, 0.5) is 0 Å². The highest BCUT2D eigenvalue weighted by molar-refractivity contribution is 5.78. The molecule has 78 valence electrons. The van der Waals surface area contributed by atoms with Gasteiger partial charge in [-0.05, 0) is 12.8 Å². The fourth-order valence-corrected chi connectivity index (χ4v) is 2.02. The van der Waals surface area contributed by atoms with Gasteiger partial charge < -0.3 is 4.90 Å². The van der Waals surface area contributed by atoms with E-state index in [1.807, 2.05) is 6.07 Å². The monoisotopic (exact) mass is 194 g/mol. The van der Waals surface area contributed by atoms with Crippen molar-refractivity contribution in [2.45, 2.75) is 38.5 Å². The Hall–Kier alpha value is -1.04. The summed E-state index contributed by atoms with van der Waals surface area (Å²) in [5.41, 5.74) is 0. The maximum absolute atomic E-state index is 11.8. The zero-order chi connectivity index (χ0) is 10.4. The van der Waals surface area contributed by atoms with Crippen LogP contribution in [0.25, 0.3) is 0 Å². The SMILES string of the molecule is CN(CC#N)C(=O)C1CCCCCC1. The molecule has 0 unspecified atom stereocenters. The normalized spacial score (nSPS) is 18.3. The zero-order valence-electron chi connectivity index (χ0n) is 8.83. The molecule has 0 N–H and O–H groups in total. The molecular weight excluding hydrogens is 176 g/mol. The van der Waals surface area contributed by atoms with E-state index in [4.69, 9.17) is 5.26 Å². The summed E-state index contributed by atoms with van der Waals surface area (Å²) >= 11 is 0. The van der Waals surface area contributed by atoms with Crippen LogP contribution in [0, 0.1) is 17.2 Å². The highest BCUT2D eigenvalue weighted by Crippen LogP contribution is 2.24. The minimum Gasteiger partial charge on any atom is -0.332 e.